The van der Waals surface area contributed by atoms with E-state index in [4.69, 9.17) is 28.4 Å². The van der Waals surface area contributed by atoms with Gasteiger partial charge in [0.2, 0.25) is 0 Å². The van der Waals surface area contributed by atoms with Crippen LogP contribution in [0.5, 0.6) is 11.5 Å². The second-order valence-electron chi connectivity index (χ2n) is 12.0. The molecule has 0 aromatic heterocycles. The molecule has 3 rings (SSSR count). The van der Waals surface area contributed by atoms with Crippen molar-refractivity contribution >= 4 is 36.0 Å². The average molecular weight is 739 g/mol. The minimum Gasteiger partial charge on any atom is -0.494 e. The van der Waals surface area contributed by atoms with Crippen LogP contribution in [0.1, 0.15) is 74.2 Å². The lowest BCUT2D eigenvalue weighted by Crippen LogP contribution is -2.17. The van der Waals surface area contributed by atoms with Crippen molar-refractivity contribution in [3.8, 4) is 11.5 Å². The smallest absolute Gasteiger partial charge is 0.331 e. The van der Waals surface area contributed by atoms with Crippen molar-refractivity contribution in [1.29, 1.82) is 0 Å². The van der Waals surface area contributed by atoms with Crippen molar-refractivity contribution in [2.24, 2.45) is 0 Å². The summed E-state index contributed by atoms with van der Waals surface area (Å²) in [5, 5.41) is 0. The normalized spacial score (nSPS) is 11.4. The lowest BCUT2D eigenvalue weighted by atomic mass is 10.1. The molecule has 0 saturated carbocycles. The molecule has 54 heavy (non-hydrogen) atoms. The molecule has 0 amide bonds. The molecule has 0 radical (unpaired) electrons. The van der Waals surface area contributed by atoms with Gasteiger partial charge in [-0.25, -0.2) is 19.2 Å². The Labute approximate surface area is 318 Å². The van der Waals surface area contributed by atoms with Crippen molar-refractivity contribution in [2.75, 3.05) is 33.0 Å². The van der Waals surface area contributed by atoms with Crippen LogP contribution in [0.15, 0.2) is 116 Å². The van der Waals surface area contributed by atoms with E-state index in [0.717, 1.165) is 86.1 Å². The highest BCUT2D eigenvalue weighted by Gasteiger charge is 2.17. The molecule has 1 atom stereocenters. The van der Waals surface area contributed by atoms with Crippen LogP contribution in [0.4, 0.5) is 0 Å². The Bertz CT molecular complexity index is 1640. The molecule has 0 bridgehead atoms. The van der Waals surface area contributed by atoms with E-state index in [2.05, 4.69) is 13.2 Å². The topological polar surface area (TPSA) is 124 Å². The van der Waals surface area contributed by atoms with E-state index < -0.39 is 30.0 Å². The Kier molecular flexibility index (Phi) is 20.4. The first-order valence-electron chi connectivity index (χ1n) is 18.2. The largest absolute Gasteiger partial charge is 0.494 e. The van der Waals surface area contributed by atoms with Gasteiger partial charge < -0.3 is 28.4 Å². The molecule has 10 nitrogen and oxygen atoms in total. The standard InChI is InChI=1S/C44H50O10/c1-3-41(45)51-32-14-7-5-12-30-49-38-24-18-35(19-25-38)22-28-43(47)53-34-40(37-16-10-9-11-17-37)54-44(48)29-23-36-20-26-39(27-21-36)50-31-13-6-8-15-33-52-42(46)4-2/h3-4,9-11,16-29,40H,1-2,5-8,12-15,30-34H2/b28-22+,29-23+/t40-/m0/s1. The minimum absolute atomic E-state index is 0.158. The SMILES string of the molecule is C=CC(=O)OCCCCCCOc1ccc(/C=C/C(=O)OC[C@H](OC(=O)/C=C/c2ccc(OCCCCCCOC(=O)C=C)cc2)c2ccccc2)cc1. The van der Waals surface area contributed by atoms with E-state index >= 15 is 0 Å². The van der Waals surface area contributed by atoms with Crippen molar-refractivity contribution in [2.45, 2.75) is 57.5 Å². The molecule has 286 valence electrons. The van der Waals surface area contributed by atoms with Gasteiger partial charge in [-0.15, -0.1) is 0 Å². The fraction of sp³-hybridized carbons (Fsp3) is 0.318. The number of unbranched alkanes of at least 4 members (excludes halogenated alkanes) is 6. The fourth-order valence-electron chi connectivity index (χ4n) is 4.89. The Morgan fingerprint density at radius 2 is 0.944 bits per heavy atom. The molecule has 0 spiro atoms. The van der Waals surface area contributed by atoms with Gasteiger partial charge in [-0.3, -0.25) is 0 Å². The molecule has 3 aromatic rings. The molecule has 0 heterocycles. The van der Waals surface area contributed by atoms with E-state index in [9.17, 15) is 19.2 Å². The zero-order valence-corrected chi connectivity index (χ0v) is 30.7. The molecule has 10 heteroatoms. The summed E-state index contributed by atoms with van der Waals surface area (Å²) in [6.45, 7) is 8.51. The summed E-state index contributed by atoms with van der Waals surface area (Å²) in [5.74, 6) is -0.503. The molecular weight excluding hydrogens is 688 g/mol. The quantitative estimate of drug-likeness (QED) is 0.0342. The van der Waals surface area contributed by atoms with Gasteiger partial charge in [-0.05, 0) is 104 Å². The van der Waals surface area contributed by atoms with E-state index in [1.54, 1.807) is 24.3 Å². The van der Waals surface area contributed by atoms with Crippen LogP contribution in [0.3, 0.4) is 0 Å². The van der Waals surface area contributed by atoms with Crippen molar-refractivity contribution in [3.05, 3.63) is 133 Å². The highest BCUT2D eigenvalue weighted by Crippen LogP contribution is 2.20. The van der Waals surface area contributed by atoms with Crippen molar-refractivity contribution < 1.29 is 47.6 Å². The van der Waals surface area contributed by atoms with Crippen LogP contribution in [0.25, 0.3) is 12.2 Å². The summed E-state index contributed by atoms with van der Waals surface area (Å²) in [5.41, 5.74) is 2.28. The van der Waals surface area contributed by atoms with Crippen LogP contribution in [0, 0.1) is 0 Å². The number of hydrogen-bond donors (Lipinski definition) is 0. The van der Waals surface area contributed by atoms with Crippen molar-refractivity contribution in [1.82, 2.24) is 0 Å². The first-order chi connectivity index (χ1) is 26.4. The Balaban J connectivity index is 1.37. The molecule has 0 unspecified atom stereocenters. The predicted molar refractivity (Wildman–Crippen MR) is 207 cm³/mol. The first-order valence-corrected chi connectivity index (χ1v) is 18.2. The van der Waals surface area contributed by atoms with Gasteiger partial charge in [-0.2, -0.15) is 0 Å². The van der Waals surface area contributed by atoms with Crippen LogP contribution in [0.2, 0.25) is 0 Å². The third kappa shape index (κ3) is 18.5. The lowest BCUT2D eigenvalue weighted by molar-refractivity contribution is -0.153. The summed E-state index contributed by atoms with van der Waals surface area (Å²) < 4.78 is 32.7. The zero-order valence-electron chi connectivity index (χ0n) is 30.7. The fourth-order valence-corrected chi connectivity index (χ4v) is 4.89. The highest BCUT2D eigenvalue weighted by molar-refractivity contribution is 5.88. The summed E-state index contributed by atoms with van der Waals surface area (Å²) in [7, 11) is 0. The number of hydrogen-bond acceptors (Lipinski definition) is 10. The van der Waals surface area contributed by atoms with Crippen molar-refractivity contribution in [3.63, 3.8) is 0 Å². The number of esters is 4. The molecule has 0 fully saturated rings. The molecule has 0 aliphatic carbocycles. The monoisotopic (exact) mass is 738 g/mol. The third-order valence-corrected chi connectivity index (χ3v) is 7.83. The number of rotatable bonds is 26. The highest BCUT2D eigenvalue weighted by atomic mass is 16.6. The lowest BCUT2D eigenvalue weighted by Gasteiger charge is -2.17. The van der Waals surface area contributed by atoms with E-state index in [-0.39, 0.29) is 6.61 Å². The average Bonchev–Trinajstić information content (AvgIpc) is 3.20. The molecule has 0 aliphatic rings. The number of ether oxygens (including phenoxy) is 6. The Morgan fingerprint density at radius 3 is 1.41 bits per heavy atom. The Morgan fingerprint density at radius 1 is 0.500 bits per heavy atom. The Hall–Kier alpha value is -5.90. The first kappa shape index (κ1) is 42.5. The number of carbonyl (C=O) groups excluding carboxylic acids is 4. The second-order valence-corrected chi connectivity index (χ2v) is 12.0. The van der Waals surface area contributed by atoms with E-state index in [1.165, 1.54) is 12.2 Å². The maximum absolute atomic E-state index is 12.8. The van der Waals surface area contributed by atoms with Gasteiger partial charge in [0, 0.05) is 24.3 Å². The van der Waals surface area contributed by atoms with Crippen LogP contribution in [-0.2, 0) is 38.1 Å². The molecular formula is C44H50O10. The number of benzene rings is 3. The predicted octanol–water partition coefficient (Wildman–Crippen LogP) is 8.58. The van der Waals surface area contributed by atoms with E-state index in [0.29, 0.717) is 32.0 Å². The molecule has 3 aromatic carbocycles. The van der Waals surface area contributed by atoms with Gasteiger partial charge in [0.25, 0.3) is 0 Å². The molecule has 0 N–H and O–H groups in total. The molecule has 0 aliphatic heterocycles. The van der Waals surface area contributed by atoms with E-state index in [1.807, 2.05) is 66.7 Å². The minimum atomic E-state index is -0.801. The maximum atomic E-state index is 12.8. The third-order valence-electron chi connectivity index (χ3n) is 7.83. The summed E-state index contributed by atoms with van der Waals surface area (Å²) in [4.78, 5) is 47.4. The zero-order chi connectivity index (χ0) is 38.6. The van der Waals surface area contributed by atoms with Gasteiger partial charge >= 0.3 is 23.9 Å². The van der Waals surface area contributed by atoms with Crippen LogP contribution in [-0.4, -0.2) is 56.9 Å². The van der Waals surface area contributed by atoms with Gasteiger partial charge in [0.05, 0.1) is 26.4 Å². The van der Waals surface area contributed by atoms with Crippen LogP contribution < -0.4 is 9.47 Å². The molecule has 0 saturated heterocycles. The maximum Gasteiger partial charge on any atom is 0.331 e. The number of carbonyl (C=O) groups is 4. The van der Waals surface area contributed by atoms with Gasteiger partial charge in [-0.1, -0.05) is 67.8 Å². The van der Waals surface area contributed by atoms with Gasteiger partial charge in [0.15, 0.2) is 6.10 Å². The van der Waals surface area contributed by atoms with Crippen LogP contribution >= 0.6 is 0 Å². The summed E-state index contributed by atoms with van der Waals surface area (Å²) in [6, 6.07) is 23.8. The second kappa shape index (κ2) is 26.0. The van der Waals surface area contributed by atoms with Gasteiger partial charge in [0.1, 0.15) is 18.1 Å². The summed E-state index contributed by atoms with van der Waals surface area (Å²) in [6.07, 6.45) is 14.6. The summed E-state index contributed by atoms with van der Waals surface area (Å²) >= 11 is 0.